The van der Waals surface area contributed by atoms with Gasteiger partial charge in [-0.3, -0.25) is 14.9 Å². The average molecular weight is 261 g/mol. The summed E-state index contributed by atoms with van der Waals surface area (Å²) >= 11 is 0. The fourth-order valence-corrected chi connectivity index (χ4v) is 1.62. The van der Waals surface area contributed by atoms with Crippen LogP contribution in [0.4, 0.5) is 11.4 Å². The maximum absolute atomic E-state index is 11.9. The monoisotopic (exact) mass is 261 g/mol. The molecule has 1 aromatic carbocycles. The molecule has 2 rings (SSSR count). The minimum absolute atomic E-state index is 0.0788. The van der Waals surface area contributed by atoms with Crippen LogP contribution in [0.15, 0.2) is 28.8 Å². The van der Waals surface area contributed by atoms with Gasteiger partial charge in [0.2, 0.25) is 0 Å². The molecule has 19 heavy (non-hydrogen) atoms. The van der Waals surface area contributed by atoms with Crippen molar-refractivity contribution in [3.05, 3.63) is 51.4 Å². The molecule has 0 saturated heterocycles. The molecule has 0 aliphatic rings. The third-order valence-electron chi connectivity index (χ3n) is 2.55. The number of nitro groups is 1. The number of benzene rings is 1. The lowest BCUT2D eigenvalue weighted by molar-refractivity contribution is -0.383. The molecule has 0 aliphatic heterocycles. The molecule has 0 spiro atoms. The zero-order valence-corrected chi connectivity index (χ0v) is 10.3. The van der Waals surface area contributed by atoms with Crippen molar-refractivity contribution < 1.29 is 14.2 Å². The maximum Gasteiger partial charge on any atom is 0.293 e. The van der Waals surface area contributed by atoms with Gasteiger partial charge in [0.1, 0.15) is 11.4 Å². The standard InChI is InChI=1S/C12H11N3O4/c1-7-4-3-5-10(15(17)18)11(7)13-12(16)9-6-8(2)19-14-9/h3-6H,1-2H3,(H,13,16). The van der Waals surface area contributed by atoms with E-state index in [4.69, 9.17) is 4.52 Å². The number of rotatable bonds is 3. The summed E-state index contributed by atoms with van der Waals surface area (Å²) in [7, 11) is 0. The van der Waals surface area contributed by atoms with Crippen molar-refractivity contribution in [1.29, 1.82) is 0 Å². The molecule has 7 nitrogen and oxygen atoms in total. The summed E-state index contributed by atoms with van der Waals surface area (Å²) in [5, 5.41) is 17.0. The van der Waals surface area contributed by atoms with Crippen LogP contribution in [0, 0.1) is 24.0 Å². The number of hydrogen-bond acceptors (Lipinski definition) is 5. The van der Waals surface area contributed by atoms with Crippen molar-refractivity contribution in [2.75, 3.05) is 5.32 Å². The van der Waals surface area contributed by atoms with Crippen LogP contribution in [0.5, 0.6) is 0 Å². The molecule has 0 atom stereocenters. The first-order valence-corrected chi connectivity index (χ1v) is 5.47. The summed E-state index contributed by atoms with van der Waals surface area (Å²) < 4.78 is 4.79. The second-order valence-corrected chi connectivity index (χ2v) is 4.00. The van der Waals surface area contributed by atoms with Crippen molar-refractivity contribution in [3.8, 4) is 0 Å². The van der Waals surface area contributed by atoms with E-state index in [0.717, 1.165) is 0 Å². The van der Waals surface area contributed by atoms with Gasteiger partial charge in [0.15, 0.2) is 5.69 Å². The van der Waals surface area contributed by atoms with E-state index in [-0.39, 0.29) is 17.1 Å². The highest BCUT2D eigenvalue weighted by Gasteiger charge is 2.19. The number of aromatic nitrogens is 1. The highest BCUT2D eigenvalue weighted by Crippen LogP contribution is 2.27. The van der Waals surface area contributed by atoms with Crippen molar-refractivity contribution >= 4 is 17.3 Å². The quantitative estimate of drug-likeness (QED) is 0.675. The number of carbonyl (C=O) groups excluding carboxylic acids is 1. The van der Waals surface area contributed by atoms with E-state index < -0.39 is 10.8 Å². The average Bonchev–Trinajstić information content (AvgIpc) is 2.78. The van der Waals surface area contributed by atoms with Gasteiger partial charge >= 0.3 is 0 Å². The van der Waals surface area contributed by atoms with Gasteiger partial charge in [-0.2, -0.15) is 0 Å². The van der Waals surface area contributed by atoms with Crippen molar-refractivity contribution in [1.82, 2.24) is 5.16 Å². The lowest BCUT2D eigenvalue weighted by atomic mass is 10.1. The number of aryl methyl sites for hydroxylation is 2. The highest BCUT2D eigenvalue weighted by molar-refractivity contribution is 6.04. The van der Waals surface area contributed by atoms with Gasteiger partial charge in [-0.25, -0.2) is 0 Å². The van der Waals surface area contributed by atoms with Crippen LogP contribution in [0.3, 0.4) is 0 Å². The summed E-state index contributed by atoms with van der Waals surface area (Å²) in [6.07, 6.45) is 0. The van der Waals surface area contributed by atoms with Gasteiger partial charge < -0.3 is 9.84 Å². The fraction of sp³-hybridized carbons (Fsp3) is 0.167. The lowest BCUT2D eigenvalue weighted by Crippen LogP contribution is -2.14. The Morgan fingerprint density at radius 1 is 1.42 bits per heavy atom. The molecule has 1 aromatic heterocycles. The van der Waals surface area contributed by atoms with Crippen LogP contribution >= 0.6 is 0 Å². The molecule has 2 aromatic rings. The summed E-state index contributed by atoms with van der Waals surface area (Å²) in [4.78, 5) is 22.3. The Morgan fingerprint density at radius 2 is 2.16 bits per heavy atom. The molecular weight excluding hydrogens is 250 g/mol. The van der Waals surface area contributed by atoms with Crippen LogP contribution in [0.2, 0.25) is 0 Å². The third kappa shape index (κ3) is 2.59. The Balaban J connectivity index is 2.33. The van der Waals surface area contributed by atoms with Crippen molar-refractivity contribution in [3.63, 3.8) is 0 Å². The Kier molecular flexibility index (Phi) is 3.28. The number of carbonyl (C=O) groups is 1. The topological polar surface area (TPSA) is 98.3 Å². The largest absolute Gasteiger partial charge is 0.361 e. The van der Waals surface area contributed by atoms with Crippen LogP contribution in [-0.2, 0) is 0 Å². The van der Waals surface area contributed by atoms with Crippen LogP contribution in [0.1, 0.15) is 21.8 Å². The summed E-state index contributed by atoms with van der Waals surface area (Å²) in [5.74, 6) is -0.0568. The number of hydrogen-bond donors (Lipinski definition) is 1. The van der Waals surface area contributed by atoms with Crippen molar-refractivity contribution in [2.45, 2.75) is 13.8 Å². The Morgan fingerprint density at radius 3 is 2.74 bits per heavy atom. The van der Waals surface area contributed by atoms with Gasteiger partial charge in [0.25, 0.3) is 11.6 Å². The summed E-state index contributed by atoms with van der Waals surface area (Å²) in [6.45, 7) is 3.33. The first-order valence-electron chi connectivity index (χ1n) is 5.47. The molecule has 1 heterocycles. The highest BCUT2D eigenvalue weighted by atomic mass is 16.6. The molecule has 0 radical (unpaired) electrons. The molecule has 0 bridgehead atoms. The lowest BCUT2D eigenvalue weighted by Gasteiger charge is -2.07. The van der Waals surface area contributed by atoms with Gasteiger partial charge in [-0.05, 0) is 19.4 Å². The number of para-hydroxylation sites is 1. The number of nitrogens with zero attached hydrogens (tertiary/aromatic N) is 2. The third-order valence-corrected chi connectivity index (χ3v) is 2.55. The SMILES string of the molecule is Cc1cc(C(=O)Nc2c(C)cccc2[N+](=O)[O-])no1. The molecule has 0 aliphatic carbocycles. The molecule has 0 fully saturated rings. The van der Waals surface area contributed by atoms with Crippen LogP contribution < -0.4 is 5.32 Å². The second-order valence-electron chi connectivity index (χ2n) is 4.00. The fourth-order valence-electron chi connectivity index (χ4n) is 1.62. The Hall–Kier alpha value is -2.70. The van der Waals surface area contributed by atoms with Gasteiger partial charge in [-0.15, -0.1) is 0 Å². The van der Waals surface area contributed by atoms with E-state index in [0.29, 0.717) is 11.3 Å². The van der Waals surface area contributed by atoms with Crippen LogP contribution in [-0.4, -0.2) is 16.0 Å². The predicted molar refractivity (Wildman–Crippen MR) is 67.0 cm³/mol. The number of nitro benzene ring substituents is 1. The zero-order chi connectivity index (χ0) is 14.0. The molecule has 0 saturated carbocycles. The predicted octanol–water partition coefficient (Wildman–Crippen LogP) is 2.45. The first kappa shape index (κ1) is 12.7. The normalized spacial score (nSPS) is 10.2. The van der Waals surface area contributed by atoms with E-state index in [9.17, 15) is 14.9 Å². The van der Waals surface area contributed by atoms with E-state index in [1.807, 2.05) is 0 Å². The smallest absolute Gasteiger partial charge is 0.293 e. The number of amides is 1. The van der Waals surface area contributed by atoms with Gasteiger partial charge in [0.05, 0.1) is 4.92 Å². The number of nitrogens with one attached hydrogen (secondary N) is 1. The second kappa shape index (κ2) is 4.89. The van der Waals surface area contributed by atoms with E-state index in [1.165, 1.54) is 12.1 Å². The molecular formula is C12H11N3O4. The van der Waals surface area contributed by atoms with Crippen molar-refractivity contribution in [2.24, 2.45) is 0 Å². The van der Waals surface area contributed by atoms with E-state index in [2.05, 4.69) is 10.5 Å². The minimum atomic E-state index is -0.547. The number of anilines is 1. The summed E-state index contributed by atoms with van der Waals surface area (Å²) in [6, 6.07) is 6.02. The zero-order valence-electron chi connectivity index (χ0n) is 10.3. The Labute approximate surface area is 108 Å². The molecule has 98 valence electrons. The Bertz CT molecular complexity index is 648. The molecule has 1 N–H and O–H groups in total. The molecule has 1 amide bonds. The molecule has 0 unspecified atom stereocenters. The van der Waals surface area contributed by atoms with Gasteiger partial charge in [-0.1, -0.05) is 17.3 Å². The first-order chi connectivity index (χ1) is 8.99. The minimum Gasteiger partial charge on any atom is -0.361 e. The molecule has 7 heteroatoms. The van der Waals surface area contributed by atoms with E-state index >= 15 is 0 Å². The van der Waals surface area contributed by atoms with Crippen LogP contribution in [0.25, 0.3) is 0 Å². The summed E-state index contributed by atoms with van der Waals surface area (Å²) in [5.41, 5.74) is 0.685. The maximum atomic E-state index is 11.9. The van der Waals surface area contributed by atoms with Gasteiger partial charge in [0, 0.05) is 12.1 Å². The van der Waals surface area contributed by atoms with E-state index in [1.54, 1.807) is 26.0 Å².